The van der Waals surface area contributed by atoms with Gasteiger partial charge in [0.25, 0.3) is 5.91 Å². The van der Waals surface area contributed by atoms with Gasteiger partial charge in [-0.3, -0.25) is 20.2 Å². The lowest BCUT2D eigenvalue weighted by atomic mass is 10.0. The van der Waals surface area contributed by atoms with E-state index in [1.807, 2.05) is 0 Å². The summed E-state index contributed by atoms with van der Waals surface area (Å²) in [4.78, 5) is 12.6. The van der Waals surface area contributed by atoms with Gasteiger partial charge in [-0.1, -0.05) is 0 Å². The summed E-state index contributed by atoms with van der Waals surface area (Å²) >= 11 is 0. The van der Waals surface area contributed by atoms with E-state index in [2.05, 4.69) is 5.32 Å². The van der Waals surface area contributed by atoms with Crippen molar-refractivity contribution in [1.82, 2.24) is 4.57 Å². The van der Waals surface area contributed by atoms with Crippen LogP contribution in [0.5, 0.6) is 0 Å². The molecule has 0 saturated carbocycles. The highest BCUT2D eigenvalue weighted by atomic mass is 16.1. The highest BCUT2D eigenvalue weighted by molar-refractivity contribution is 6.08. The maximum atomic E-state index is 12.6. The first-order valence-electron chi connectivity index (χ1n) is 7.30. The van der Waals surface area contributed by atoms with Crippen LogP contribution in [0.25, 0.3) is 0 Å². The van der Waals surface area contributed by atoms with Crippen LogP contribution < -0.4 is 16.5 Å². The molecule has 24 heavy (non-hydrogen) atoms. The molecule has 2 aromatic rings. The Labute approximate surface area is 139 Å². The topological polar surface area (TPSA) is 132 Å². The number of nitrogens with zero attached hydrogens (tertiary/aromatic N) is 1. The molecule has 2 rings (SSSR count). The van der Waals surface area contributed by atoms with Gasteiger partial charge in [0.1, 0.15) is 5.49 Å². The Kier molecular flexibility index (Phi) is 4.64. The van der Waals surface area contributed by atoms with Gasteiger partial charge in [-0.05, 0) is 44.5 Å². The fourth-order valence-corrected chi connectivity index (χ4v) is 2.55. The van der Waals surface area contributed by atoms with Gasteiger partial charge in [0.05, 0.1) is 11.9 Å². The molecule has 7 heteroatoms. The zero-order chi connectivity index (χ0) is 18.0. The average Bonchev–Trinajstić information content (AvgIpc) is 2.52. The second-order valence-electron chi connectivity index (χ2n) is 5.58. The number of benzene rings is 1. The van der Waals surface area contributed by atoms with Crippen molar-refractivity contribution in [3.05, 3.63) is 52.1 Å². The molecule has 6 N–H and O–H groups in total. The zero-order valence-corrected chi connectivity index (χ0v) is 13.8. The van der Waals surface area contributed by atoms with Crippen molar-refractivity contribution < 1.29 is 4.79 Å². The molecular weight excluding hydrogens is 304 g/mol. The van der Waals surface area contributed by atoms with Crippen LogP contribution in [0, 0.1) is 30.1 Å². The van der Waals surface area contributed by atoms with Gasteiger partial charge >= 0.3 is 0 Å². The van der Waals surface area contributed by atoms with Crippen molar-refractivity contribution in [1.29, 1.82) is 16.2 Å². The van der Waals surface area contributed by atoms with Gasteiger partial charge in [-0.2, -0.15) is 0 Å². The molecule has 1 amide bonds. The minimum Gasteiger partial charge on any atom is -0.398 e. The van der Waals surface area contributed by atoms with Crippen LogP contribution in [0.4, 0.5) is 11.4 Å². The van der Waals surface area contributed by atoms with Gasteiger partial charge < -0.3 is 16.5 Å². The molecule has 7 nitrogen and oxygen atoms in total. The fraction of sp³-hybridized carbons (Fsp3) is 0.176. The molecule has 0 saturated heterocycles. The van der Waals surface area contributed by atoms with E-state index in [1.54, 1.807) is 45.2 Å². The maximum absolute atomic E-state index is 12.6. The van der Waals surface area contributed by atoms with Crippen LogP contribution in [0.3, 0.4) is 0 Å². The van der Waals surface area contributed by atoms with Gasteiger partial charge in [0, 0.05) is 34.4 Å². The van der Waals surface area contributed by atoms with Crippen molar-refractivity contribution in [3.8, 4) is 0 Å². The number of hydrogen-bond donors (Lipinski definition) is 5. The van der Waals surface area contributed by atoms with E-state index in [0.717, 1.165) is 6.34 Å². The number of nitrogens with one attached hydrogen (secondary N) is 4. The Hall–Kier alpha value is -3.22. The van der Waals surface area contributed by atoms with Crippen LogP contribution in [0.2, 0.25) is 0 Å². The normalized spacial score (nSPS) is 10.3. The largest absolute Gasteiger partial charge is 0.398 e. The van der Waals surface area contributed by atoms with Crippen molar-refractivity contribution in [2.45, 2.75) is 20.8 Å². The molecule has 0 aliphatic carbocycles. The number of rotatable bonds is 4. The van der Waals surface area contributed by atoms with E-state index in [9.17, 15) is 4.79 Å². The molecular formula is C17H20N6O. The van der Waals surface area contributed by atoms with Gasteiger partial charge in [0.2, 0.25) is 0 Å². The Morgan fingerprint density at radius 3 is 2.58 bits per heavy atom. The summed E-state index contributed by atoms with van der Waals surface area (Å²) in [6, 6.07) is 4.97. The van der Waals surface area contributed by atoms with Gasteiger partial charge in [-0.15, -0.1) is 0 Å². The summed E-state index contributed by atoms with van der Waals surface area (Å²) < 4.78 is 1.35. The van der Waals surface area contributed by atoms with Crippen molar-refractivity contribution >= 4 is 29.3 Å². The number of nitrogen functional groups attached to an aromatic ring is 1. The van der Waals surface area contributed by atoms with E-state index in [-0.39, 0.29) is 11.4 Å². The third-order valence-electron chi connectivity index (χ3n) is 3.80. The van der Waals surface area contributed by atoms with Crippen LogP contribution in [0.1, 0.15) is 34.0 Å². The van der Waals surface area contributed by atoms with Crippen LogP contribution >= 0.6 is 0 Å². The summed E-state index contributed by atoms with van der Waals surface area (Å²) in [6.07, 6.45) is 2.61. The lowest BCUT2D eigenvalue weighted by Crippen LogP contribution is -2.27. The third-order valence-corrected chi connectivity index (χ3v) is 3.80. The Balaban J connectivity index is 2.43. The second-order valence-corrected chi connectivity index (χ2v) is 5.58. The van der Waals surface area contributed by atoms with E-state index < -0.39 is 0 Å². The first-order valence-corrected chi connectivity index (χ1v) is 7.30. The maximum Gasteiger partial charge on any atom is 0.256 e. The standard InChI is InChI=1S/C17H20N6O/c1-9-7-23(8-18)16(21)10(2)15(9)17(24)22-12-4-5-14(20)13(6-12)11(3)19/h4-8,18-19,21H,20H2,1-3H3,(H,22,24). The number of carbonyl (C=O) groups is 1. The number of aryl methyl sites for hydroxylation is 1. The minimum atomic E-state index is -0.339. The number of nitrogens with two attached hydrogens (primary N) is 1. The molecule has 0 spiro atoms. The summed E-state index contributed by atoms with van der Waals surface area (Å²) in [5.74, 6) is -0.339. The lowest BCUT2D eigenvalue weighted by molar-refractivity contribution is 0.102. The molecule has 1 aromatic heterocycles. The molecule has 1 heterocycles. The summed E-state index contributed by atoms with van der Waals surface area (Å²) in [7, 11) is 0. The summed E-state index contributed by atoms with van der Waals surface area (Å²) in [5.41, 5.74) is 9.39. The average molecular weight is 324 g/mol. The minimum absolute atomic E-state index is 0.0917. The summed E-state index contributed by atoms with van der Waals surface area (Å²) in [6.45, 7) is 5.07. The number of carbonyl (C=O) groups excluding carboxylic acids is 1. The third kappa shape index (κ3) is 3.10. The second kappa shape index (κ2) is 6.49. The number of pyridine rings is 1. The monoisotopic (exact) mass is 324 g/mol. The number of aromatic nitrogens is 1. The van der Waals surface area contributed by atoms with Gasteiger partial charge in [-0.25, -0.2) is 0 Å². The molecule has 0 fully saturated rings. The van der Waals surface area contributed by atoms with E-state index in [1.165, 1.54) is 4.57 Å². The molecule has 0 unspecified atom stereocenters. The van der Waals surface area contributed by atoms with E-state index in [0.29, 0.717) is 39.3 Å². The summed E-state index contributed by atoms with van der Waals surface area (Å²) in [5, 5.41) is 25.8. The van der Waals surface area contributed by atoms with Gasteiger partial charge in [0.15, 0.2) is 0 Å². The van der Waals surface area contributed by atoms with Crippen molar-refractivity contribution in [2.75, 3.05) is 11.1 Å². The number of amides is 1. The molecule has 1 aromatic carbocycles. The highest BCUT2D eigenvalue weighted by Gasteiger charge is 2.16. The predicted octanol–water partition coefficient (Wildman–Crippen LogP) is 2.26. The molecule has 124 valence electrons. The molecule has 0 aliphatic rings. The number of anilines is 2. The van der Waals surface area contributed by atoms with Crippen LogP contribution in [0.15, 0.2) is 24.4 Å². The Bertz CT molecular complexity index is 910. The van der Waals surface area contributed by atoms with E-state index in [4.69, 9.17) is 22.0 Å². The van der Waals surface area contributed by atoms with Crippen molar-refractivity contribution in [3.63, 3.8) is 0 Å². The predicted molar refractivity (Wildman–Crippen MR) is 95.3 cm³/mol. The smallest absolute Gasteiger partial charge is 0.256 e. The van der Waals surface area contributed by atoms with Crippen LogP contribution in [-0.2, 0) is 0 Å². The molecule has 0 bridgehead atoms. The van der Waals surface area contributed by atoms with Crippen LogP contribution in [-0.4, -0.2) is 22.5 Å². The SMILES string of the molecule is CC(=N)c1cc(NC(=O)c2c(C)cn(C=N)c(=N)c2C)ccc1N. The number of hydrogen-bond acceptors (Lipinski definition) is 5. The fourth-order valence-electron chi connectivity index (χ4n) is 2.55. The Morgan fingerprint density at radius 2 is 2.00 bits per heavy atom. The van der Waals surface area contributed by atoms with Crippen molar-refractivity contribution in [2.24, 2.45) is 0 Å². The Morgan fingerprint density at radius 1 is 1.33 bits per heavy atom. The first kappa shape index (κ1) is 17.1. The van der Waals surface area contributed by atoms with E-state index >= 15 is 0 Å². The first-order chi connectivity index (χ1) is 11.3. The lowest BCUT2D eigenvalue weighted by Gasteiger charge is -2.14. The molecule has 0 atom stereocenters. The molecule has 0 aliphatic heterocycles. The molecule has 0 radical (unpaired) electrons. The zero-order valence-electron chi connectivity index (χ0n) is 13.8. The quantitative estimate of drug-likeness (QED) is 0.335. The highest BCUT2D eigenvalue weighted by Crippen LogP contribution is 2.20.